The van der Waals surface area contributed by atoms with E-state index in [0.29, 0.717) is 11.4 Å². The SMILES string of the molecule is COc1ccc(Br)cc1COc1cc(N)ccc1C(=O)O. The van der Waals surface area contributed by atoms with Crippen molar-refractivity contribution >= 4 is 27.6 Å². The maximum absolute atomic E-state index is 11.2. The third-order valence-electron chi connectivity index (χ3n) is 2.86. The lowest BCUT2D eigenvalue weighted by atomic mass is 10.1. The van der Waals surface area contributed by atoms with Gasteiger partial charge < -0.3 is 20.3 Å². The van der Waals surface area contributed by atoms with Crippen molar-refractivity contribution in [3.8, 4) is 11.5 Å². The van der Waals surface area contributed by atoms with Gasteiger partial charge in [-0.25, -0.2) is 4.79 Å². The summed E-state index contributed by atoms with van der Waals surface area (Å²) in [6, 6.07) is 9.95. The molecule has 21 heavy (non-hydrogen) atoms. The molecular formula is C15H14BrNO4. The molecule has 0 aliphatic heterocycles. The van der Waals surface area contributed by atoms with Crippen molar-refractivity contribution in [3.05, 3.63) is 52.0 Å². The van der Waals surface area contributed by atoms with Crippen LogP contribution in [0.1, 0.15) is 15.9 Å². The van der Waals surface area contributed by atoms with E-state index in [2.05, 4.69) is 15.9 Å². The third kappa shape index (κ3) is 3.66. The Hall–Kier alpha value is -2.21. The van der Waals surface area contributed by atoms with Gasteiger partial charge in [-0.15, -0.1) is 0 Å². The van der Waals surface area contributed by atoms with Gasteiger partial charge in [-0.2, -0.15) is 0 Å². The average molecular weight is 352 g/mol. The van der Waals surface area contributed by atoms with Gasteiger partial charge in [0.1, 0.15) is 23.7 Å². The van der Waals surface area contributed by atoms with Crippen molar-refractivity contribution in [1.29, 1.82) is 0 Å². The summed E-state index contributed by atoms with van der Waals surface area (Å²) < 4.78 is 11.7. The number of halogens is 1. The highest BCUT2D eigenvalue weighted by atomic mass is 79.9. The van der Waals surface area contributed by atoms with Crippen LogP contribution >= 0.6 is 15.9 Å². The number of anilines is 1. The van der Waals surface area contributed by atoms with Crippen LogP contribution in [0.2, 0.25) is 0 Å². The van der Waals surface area contributed by atoms with E-state index in [-0.39, 0.29) is 17.9 Å². The van der Waals surface area contributed by atoms with Gasteiger partial charge in [0.15, 0.2) is 0 Å². The molecule has 6 heteroatoms. The Labute approximate surface area is 130 Å². The Morgan fingerprint density at radius 3 is 2.67 bits per heavy atom. The lowest BCUT2D eigenvalue weighted by molar-refractivity contribution is 0.0692. The van der Waals surface area contributed by atoms with Crippen molar-refractivity contribution in [2.45, 2.75) is 6.61 Å². The molecule has 2 rings (SSSR count). The molecule has 0 fully saturated rings. The van der Waals surface area contributed by atoms with Gasteiger partial charge in [0.25, 0.3) is 0 Å². The molecule has 5 nitrogen and oxygen atoms in total. The topological polar surface area (TPSA) is 81.8 Å². The lowest BCUT2D eigenvalue weighted by Crippen LogP contribution is -2.05. The standard InChI is InChI=1S/C15H14BrNO4/c1-20-13-5-2-10(16)6-9(13)8-21-14-7-11(17)3-4-12(14)15(18)19/h2-7H,8,17H2,1H3,(H,18,19). The van der Waals surface area contributed by atoms with E-state index in [4.69, 9.17) is 20.3 Å². The number of hydrogen-bond acceptors (Lipinski definition) is 4. The number of ether oxygens (including phenoxy) is 2. The van der Waals surface area contributed by atoms with E-state index in [1.807, 2.05) is 12.1 Å². The highest BCUT2D eigenvalue weighted by molar-refractivity contribution is 9.10. The van der Waals surface area contributed by atoms with Crippen LogP contribution in [0.3, 0.4) is 0 Å². The molecule has 0 spiro atoms. The number of aromatic carboxylic acids is 1. The van der Waals surface area contributed by atoms with Crippen LogP contribution in [0.5, 0.6) is 11.5 Å². The summed E-state index contributed by atoms with van der Waals surface area (Å²) in [5.74, 6) is -0.172. The smallest absolute Gasteiger partial charge is 0.339 e. The van der Waals surface area contributed by atoms with E-state index in [0.717, 1.165) is 10.0 Å². The van der Waals surface area contributed by atoms with Crippen LogP contribution in [0.25, 0.3) is 0 Å². The van der Waals surface area contributed by atoms with E-state index in [1.165, 1.54) is 18.2 Å². The first-order valence-corrected chi connectivity index (χ1v) is 6.88. The van der Waals surface area contributed by atoms with Gasteiger partial charge in [-0.05, 0) is 30.3 Å². The zero-order valence-electron chi connectivity index (χ0n) is 11.3. The number of nitrogens with two attached hydrogens (primary N) is 1. The molecule has 0 aliphatic carbocycles. The number of carboxylic acid groups (broad SMARTS) is 1. The molecule has 0 unspecified atom stereocenters. The minimum Gasteiger partial charge on any atom is -0.496 e. The number of carboxylic acids is 1. The van der Waals surface area contributed by atoms with Crippen molar-refractivity contribution in [2.75, 3.05) is 12.8 Å². The Bertz CT molecular complexity index is 673. The quantitative estimate of drug-likeness (QED) is 0.807. The fourth-order valence-corrected chi connectivity index (χ4v) is 2.26. The second-order valence-electron chi connectivity index (χ2n) is 4.31. The number of hydrogen-bond donors (Lipinski definition) is 2. The maximum atomic E-state index is 11.2. The van der Waals surface area contributed by atoms with Crippen LogP contribution in [0.15, 0.2) is 40.9 Å². The van der Waals surface area contributed by atoms with Crippen LogP contribution in [0.4, 0.5) is 5.69 Å². The van der Waals surface area contributed by atoms with Crippen molar-refractivity contribution in [2.24, 2.45) is 0 Å². The first kappa shape index (κ1) is 15.2. The van der Waals surface area contributed by atoms with Crippen LogP contribution in [-0.2, 0) is 6.61 Å². The molecule has 0 atom stereocenters. The van der Waals surface area contributed by atoms with E-state index >= 15 is 0 Å². The largest absolute Gasteiger partial charge is 0.496 e. The molecule has 0 heterocycles. The summed E-state index contributed by atoms with van der Waals surface area (Å²) in [5.41, 5.74) is 6.98. The number of methoxy groups -OCH3 is 1. The minimum atomic E-state index is -1.06. The number of benzene rings is 2. The summed E-state index contributed by atoms with van der Waals surface area (Å²) in [6.45, 7) is 0.173. The predicted octanol–water partition coefficient (Wildman–Crippen LogP) is 3.32. The molecule has 0 amide bonds. The normalized spacial score (nSPS) is 10.2. The number of carbonyl (C=O) groups is 1. The molecule has 110 valence electrons. The molecular weight excluding hydrogens is 338 g/mol. The fraction of sp³-hybridized carbons (Fsp3) is 0.133. The predicted molar refractivity (Wildman–Crippen MR) is 82.8 cm³/mol. The minimum absolute atomic E-state index is 0.0677. The number of nitrogen functional groups attached to an aromatic ring is 1. The zero-order chi connectivity index (χ0) is 15.4. The molecule has 0 aromatic heterocycles. The molecule has 2 aromatic carbocycles. The Balaban J connectivity index is 2.26. The van der Waals surface area contributed by atoms with Gasteiger partial charge in [0, 0.05) is 21.8 Å². The first-order chi connectivity index (χ1) is 10.0. The highest BCUT2D eigenvalue weighted by Crippen LogP contribution is 2.27. The highest BCUT2D eigenvalue weighted by Gasteiger charge is 2.13. The van der Waals surface area contributed by atoms with Crippen molar-refractivity contribution in [3.63, 3.8) is 0 Å². The summed E-state index contributed by atoms with van der Waals surface area (Å²) in [4.78, 5) is 11.2. The molecule has 0 saturated carbocycles. The summed E-state index contributed by atoms with van der Waals surface area (Å²) in [5, 5.41) is 9.15. The summed E-state index contributed by atoms with van der Waals surface area (Å²) in [6.07, 6.45) is 0. The van der Waals surface area contributed by atoms with E-state index < -0.39 is 5.97 Å². The summed E-state index contributed by atoms with van der Waals surface area (Å²) >= 11 is 3.38. The monoisotopic (exact) mass is 351 g/mol. The fourth-order valence-electron chi connectivity index (χ4n) is 1.85. The molecule has 0 saturated heterocycles. The van der Waals surface area contributed by atoms with Crippen molar-refractivity contribution < 1.29 is 19.4 Å². The van der Waals surface area contributed by atoms with E-state index in [1.54, 1.807) is 13.2 Å². The van der Waals surface area contributed by atoms with Gasteiger partial charge in [-0.3, -0.25) is 0 Å². The second kappa shape index (κ2) is 6.49. The van der Waals surface area contributed by atoms with Crippen molar-refractivity contribution in [1.82, 2.24) is 0 Å². The van der Waals surface area contributed by atoms with Gasteiger partial charge in [0.2, 0.25) is 0 Å². The zero-order valence-corrected chi connectivity index (χ0v) is 12.9. The molecule has 0 bridgehead atoms. The third-order valence-corrected chi connectivity index (χ3v) is 3.35. The van der Waals surface area contributed by atoms with Gasteiger partial charge in [0.05, 0.1) is 7.11 Å². The van der Waals surface area contributed by atoms with Gasteiger partial charge >= 0.3 is 5.97 Å². The van der Waals surface area contributed by atoms with Crippen LogP contribution in [-0.4, -0.2) is 18.2 Å². The second-order valence-corrected chi connectivity index (χ2v) is 5.22. The Kier molecular flexibility index (Phi) is 4.70. The average Bonchev–Trinajstić information content (AvgIpc) is 2.45. The Morgan fingerprint density at radius 1 is 1.24 bits per heavy atom. The number of rotatable bonds is 5. The maximum Gasteiger partial charge on any atom is 0.339 e. The molecule has 2 aromatic rings. The first-order valence-electron chi connectivity index (χ1n) is 6.09. The summed E-state index contributed by atoms with van der Waals surface area (Å²) in [7, 11) is 1.57. The van der Waals surface area contributed by atoms with E-state index in [9.17, 15) is 4.79 Å². The molecule has 0 radical (unpaired) electrons. The molecule has 0 aliphatic rings. The Morgan fingerprint density at radius 2 is 2.00 bits per heavy atom. The van der Waals surface area contributed by atoms with Gasteiger partial charge in [-0.1, -0.05) is 15.9 Å². The lowest BCUT2D eigenvalue weighted by Gasteiger charge is -2.12. The molecule has 3 N–H and O–H groups in total. The van der Waals surface area contributed by atoms with Crippen LogP contribution in [0, 0.1) is 0 Å². The van der Waals surface area contributed by atoms with Crippen LogP contribution < -0.4 is 15.2 Å².